The van der Waals surface area contributed by atoms with Gasteiger partial charge in [0.25, 0.3) is 5.91 Å². The Morgan fingerprint density at radius 3 is 2.85 bits per heavy atom. The molecule has 2 aromatic rings. The maximum absolute atomic E-state index is 11.8. The molecule has 0 fully saturated rings. The van der Waals surface area contributed by atoms with Crippen LogP contribution in [0.4, 0.5) is 0 Å². The minimum Gasteiger partial charge on any atom is -0.471 e. The minimum absolute atomic E-state index is 0.144. The van der Waals surface area contributed by atoms with E-state index in [0.717, 1.165) is 0 Å². The number of carbonyl (C=O) groups excluding carboxylic acids is 1. The number of halogens is 1. The van der Waals surface area contributed by atoms with E-state index in [2.05, 4.69) is 17.0 Å². The highest BCUT2D eigenvalue weighted by molar-refractivity contribution is 6.30. The van der Waals surface area contributed by atoms with Crippen molar-refractivity contribution in [2.24, 2.45) is 0 Å². The van der Waals surface area contributed by atoms with Crippen LogP contribution in [-0.4, -0.2) is 22.2 Å². The molecule has 1 heterocycles. The first-order valence-electron chi connectivity index (χ1n) is 6.00. The Morgan fingerprint density at radius 2 is 2.15 bits per heavy atom. The molecule has 2 rings (SSSR count). The summed E-state index contributed by atoms with van der Waals surface area (Å²) in [4.78, 5) is 11.8. The Kier molecular flexibility index (Phi) is 4.79. The number of aromatic nitrogens is 2. The molecule has 20 heavy (non-hydrogen) atoms. The lowest BCUT2D eigenvalue weighted by atomic mass is 10.3. The van der Waals surface area contributed by atoms with Gasteiger partial charge in [0.1, 0.15) is 11.4 Å². The second-order valence-electron chi connectivity index (χ2n) is 3.94. The van der Waals surface area contributed by atoms with Crippen molar-refractivity contribution in [1.82, 2.24) is 15.1 Å². The molecule has 1 N–H and O–H groups in total. The Labute approximate surface area is 121 Å². The molecular weight excluding hydrogens is 278 g/mol. The topological polar surface area (TPSA) is 56.2 Å². The zero-order chi connectivity index (χ0) is 14.4. The summed E-state index contributed by atoms with van der Waals surface area (Å²) in [7, 11) is 0. The van der Waals surface area contributed by atoms with Crippen LogP contribution < -0.4 is 10.1 Å². The molecule has 0 aliphatic carbocycles. The standard InChI is InChI=1S/C14H14ClN3O2/c1-2-8-16-14(19)13-7-9-17-18(13)10-20-12-5-3-11(15)4-6-12/h2-7,9H,1,8,10H2,(H,16,19). The summed E-state index contributed by atoms with van der Waals surface area (Å²) in [6.45, 7) is 4.10. The molecule has 0 saturated heterocycles. The molecule has 0 aliphatic heterocycles. The first-order valence-corrected chi connectivity index (χ1v) is 6.38. The second-order valence-corrected chi connectivity index (χ2v) is 4.38. The summed E-state index contributed by atoms with van der Waals surface area (Å²) in [5.74, 6) is 0.435. The van der Waals surface area contributed by atoms with Gasteiger partial charge in [0.05, 0.1) is 0 Å². The Bertz CT molecular complexity index is 593. The van der Waals surface area contributed by atoms with Gasteiger partial charge in [-0.3, -0.25) is 4.79 Å². The number of nitrogens with one attached hydrogen (secondary N) is 1. The monoisotopic (exact) mass is 291 g/mol. The number of amides is 1. The SMILES string of the molecule is C=CCNC(=O)c1ccnn1COc1ccc(Cl)cc1. The summed E-state index contributed by atoms with van der Waals surface area (Å²) in [5, 5.41) is 7.39. The van der Waals surface area contributed by atoms with Crippen LogP contribution >= 0.6 is 11.6 Å². The Balaban J connectivity index is 1.99. The minimum atomic E-state index is -0.220. The average molecular weight is 292 g/mol. The van der Waals surface area contributed by atoms with Crippen LogP contribution in [0.25, 0.3) is 0 Å². The van der Waals surface area contributed by atoms with Gasteiger partial charge in [-0.25, -0.2) is 4.68 Å². The number of hydrogen-bond acceptors (Lipinski definition) is 3. The van der Waals surface area contributed by atoms with Gasteiger partial charge in [0, 0.05) is 17.8 Å². The Hall–Kier alpha value is -2.27. The average Bonchev–Trinajstić information content (AvgIpc) is 2.92. The lowest BCUT2D eigenvalue weighted by molar-refractivity contribution is 0.0936. The van der Waals surface area contributed by atoms with Crippen molar-refractivity contribution in [3.8, 4) is 5.75 Å². The number of ether oxygens (including phenoxy) is 1. The molecule has 1 aromatic heterocycles. The lowest BCUT2D eigenvalue weighted by Crippen LogP contribution is -2.27. The van der Waals surface area contributed by atoms with E-state index < -0.39 is 0 Å². The van der Waals surface area contributed by atoms with Crippen LogP contribution in [0, 0.1) is 0 Å². The molecule has 0 bridgehead atoms. The summed E-state index contributed by atoms with van der Waals surface area (Å²) < 4.78 is 7.02. The molecular formula is C14H14ClN3O2. The van der Waals surface area contributed by atoms with E-state index in [1.54, 1.807) is 42.6 Å². The predicted octanol–water partition coefficient (Wildman–Crippen LogP) is 2.49. The molecule has 5 nitrogen and oxygen atoms in total. The highest BCUT2D eigenvalue weighted by Crippen LogP contribution is 2.16. The van der Waals surface area contributed by atoms with Gasteiger partial charge in [0.15, 0.2) is 6.73 Å². The van der Waals surface area contributed by atoms with Crippen molar-refractivity contribution in [2.75, 3.05) is 6.54 Å². The molecule has 0 aliphatic rings. The fourth-order valence-corrected chi connectivity index (χ4v) is 1.68. The number of benzene rings is 1. The van der Waals surface area contributed by atoms with E-state index >= 15 is 0 Å². The summed E-state index contributed by atoms with van der Waals surface area (Å²) >= 11 is 5.79. The molecule has 0 unspecified atom stereocenters. The van der Waals surface area contributed by atoms with E-state index in [1.165, 1.54) is 4.68 Å². The fourth-order valence-electron chi connectivity index (χ4n) is 1.55. The van der Waals surface area contributed by atoms with Crippen LogP contribution in [0.15, 0.2) is 49.2 Å². The zero-order valence-electron chi connectivity index (χ0n) is 10.8. The third kappa shape index (κ3) is 3.61. The smallest absolute Gasteiger partial charge is 0.269 e. The molecule has 0 radical (unpaired) electrons. The van der Waals surface area contributed by atoms with Crippen molar-refractivity contribution < 1.29 is 9.53 Å². The van der Waals surface area contributed by atoms with Gasteiger partial charge in [0.2, 0.25) is 0 Å². The molecule has 1 amide bonds. The third-order valence-corrected chi connectivity index (χ3v) is 2.78. The van der Waals surface area contributed by atoms with Gasteiger partial charge >= 0.3 is 0 Å². The maximum atomic E-state index is 11.8. The van der Waals surface area contributed by atoms with Gasteiger partial charge in [-0.2, -0.15) is 5.10 Å². The van der Waals surface area contributed by atoms with Crippen LogP contribution in [0.2, 0.25) is 5.02 Å². The highest BCUT2D eigenvalue weighted by atomic mass is 35.5. The largest absolute Gasteiger partial charge is 0.471 e. The Morgan fingerprint density at radius 1 is 1.40 bits per heavy atom. The number of rotatable bonds is 6. The predicted molar refractivity (Wildman–Crippen MR) is 76.8 cm³/mol. The van der Waals surface area contributed by atoms with Crippen LogP contribution in [0.3, 0.4) is 0 Å². The van der Waals surface area contributed by atoms with Crippen molar-refractivity contribution >= 4 is 17.5 Å². The first kappa shape index (κ1) is 14.1. The molecule has 0 spiro atoms. The highest BCUT2D eigenvalue weighted by Gasteiger charge is 2.11. The maximum Gasteiger partial charge on any atom is 0.269 e. The van der Waals surface area contributed by atoms with Crippen LogP contribution in [-0.2, 0) is 6.73 Å². The van der Waals surface area contributed by atoms with Gasteiger partial charge in [-0.05, 0) is 30.3 Å². The second kappa shape index (κ2) is 6.77. The van der Waals surface area contributed by atoms with E-state index in [4.69, 9.17) is 16.3 Å². The van der Waals surface area contributed by atoms with E-state index in [9.17, 15) is 4.79 Å². The molecule has 1 aromatic carbocycles. The first-order chi connectivity index (χ1) is 9.70. The molecule has 104 valence electrons. The fraction of sp³-hybridized carbons (Fsp3) is 0.143. The molecule has 6 heteroatoms. The van der Waals surface area contributed by atoms with E-state index in [1.807, 2.05) is 0 Å². The molecule has 0 atom stereocenters. The number of carbonyl (C=O) groups is 1. The third-order valence-electron chi connectivity index (χ3n) is 2.52. The summed E-state index contributed by atoms with van der Waals surface area (Å²) in [6, 6.07) is 8.60. The van der Waals surface area contributed by atoms with Crippen molar-refractivity contribution in [3.63, 3.8) is 0 Å². The summed E-state index contributed by atoms with van der Waals surface area (Å²) in [6.07, 6.45) is 3.16. The number of nitrogens with zero attached hydrogens (tertiary/aromatic N) is 2. The molecule has 0 saturated carbocycles. The van der Waals surface area contributed by atoms with Crippen LogP contribution in [0.5, 0.6) is 5.75 Å². The zero-order valence-corrected chi connectivity index (χ0v) is 11.5. The van der Waals surface area contributed by atoms with Crippen molar-refractivity contribution in [1.29, 1.82) is 0 Å². The van der Waals surface area contributed by atoms with Gasteiger partial charge in [-0.15, -0.1) is 6.58 Å². The van der Waals surface area contributed by atoms with E-state index in [-0.39, 0.29) is 12.6 Å². The quantitative estimate of drug-likeness (QED) is 0.832. The normalized spacial score (nSPS) is 10.1. The van der Waals surface area contributed by atoms with E-state index in [0.29, 0.717) is 23.0 Å². The number of hydrogen-bond donors (Lipinski definition) is 1. The summed E-state index contributed by atoms with van der Waals surface area (Å²) in [5.41, 5.74) is 0.431. The van der Waals surface area contributed by atoms with Gasteiger partial charge < -0.3 is 10.1 Å². The van der Waals surface area contributed by atoms with Crippen molar-refractivity contribution in [3.05, 3.63) is 59.9 Å². The van der Waals surface area contributed by atoms with Crippen LogP contribution in [0.1, 0.15) is 10.5 Å². The van der Waals surface area contributed by atoms with Crippen molar-refractivity contribution in [2.45, 2.75) is 6.73 Å². The lowest BCUT2D eigenvalue weighted by Gasteiger charge is -2.09. The van der Waals surface area contributed by atoms with Gasteiger partial charge in [-0.1, -0.05) is 17.7 Å².